The number of carbonyl (C=O) groups excluding carboxylic acids is 1. The largest absolute Gasteiger partial charge is 0.507 e. The highest BCUT2D eigenvalue weighted by atomic mass is 19.1. The summed E-state index contributed by atoms with van der Waals surface area (Å²) >= 11 is 0. The lowest BCUT2D eigenvalue weighted by Crippen LogP contribution is -2.36. The number of aromatic hydroxyl groups is 1. The Kier molecular flexibility index (Phi) is 5.05. The Morgan fingerprint density at radius 3 is 2.50 bits per heavy atom. The van der Waals surface area contributed by atoms with Crippen LogP contribution in [0.2, 0.25) is 0 Å². The second-order valence-electron chi connectivity index (χ2n) is 5.68. The SMILES string of the molecule is CC(O)CC(C)(C)CNC(=O)c1c(O)cc(F)cc1F. The highest BCUT2D eigenvalue weighted by Gasteiger charge is 2.24. The van der Waals surface area contributed by atoms with Gasteiger partial charge in [0.25, 0.3) is 5.91 Å². The van der Waals surface area contributed by atoms with Crippen molar-refractivity contribution in [2.45, 2.75) is 33.3 Å². The van der Waals surface area contributed by atoms with Gasteiger partial charge in [-0.05, 0) is 18.8 Å². The molecule has 0 fully saturated rings. The van der Waals surface area contributed by atoms with E-state index in [1.165, 1.54) is 0 Å². The molecular weight excluding hydrogens is 268 g/mol. The lowest BCUT2D eigenvalue weighted by molar-refractivity contribution is 0.0895. The molecule has 0 radical (unpaired) electrons. The summed E-state index contributed by atoms with van der Waals surface area (Å²) in [6.07, 6.45) is -0.0802. The maximum atomic E-state index is 13.5. The Morgan fingerprint density at radius 1 is 1.40 bits per heavy atom. The number of nitrogens with one attached hydrogen (secondary N) is 1. The number of hydrogen-bond donors (Lipinski definition) is 3. The third-order valence-corrected chi connectivity index (χ3v) is 2.84. The lowest BCUT2D eigenvalue weighted by Gasteiger charge is -2.26. The van der Waals surface area contributed by atoms with Gasteiger partial charge in [0.15, 0.2) is 0 Å². The van der Waals surface area contributed by atoms with Gasteiger partial charge in [0.2, 0.25) is 0 Å². The number of phenolic OH excluding ortho intramolecular Hbond substituents is 1. The second-order valence-corrected chi connectivity index (χ2v) is 5.68. The Morgan fingerprint density at radius 2 is 2.00 bits per heavy atom. The van der Waals surface area contributed by atoms with Gasteiger partial charge in [0.1, 0.15) is 22.9 Å². The van der Waals surface area contributed by atoms with Gasteiger partial charge in [0.05, 0.1) is 6.10 Å². The molecule has 0 spiro atoms. The van der Waals surface area contributed by atoms with E-state index in [9.17, 15) is 23.8 Å². The fourth-order valence-electron chi connectivity index (χ4n) is 2.06. The van der Waals surface area contributed by atoms with Crippen molar-refractivity contribution >= 4 is 5.91 Å². The monoisotopic (exact) mass is 287 g/mol. The van der Waals surface area contributed by atoms with E-state index >= 15 is 0 Å². The van der Waals surface area contributed by atoms with Gasteiger partial charge >= 0.3 is 0 Å². The third kappa shape index (κ3) is 4.45. The highest BCUT2D eigenvalue weighted by Crippen LogP contribution is 2.24. The number of aliphatic hydroxyl groups excluding tert-OH is 1. The summed E-state index contributed by atoms with van der Waals surface area (Å²) in [5.41, 5.74) is -0.977. The number of rotatable bonds is 5. The van der Waals surface area contributed by atoms with E-state index in [4.69, 9.17) is 0 Å². The van der Waals surface area contributed by atoms with Crippen molar-refractivity contribution in [1.29, 1.82) is 0 Å². The van der Waals surface area contributed by atoms with E-state index in [2.05, 4.69) is 5.32 Å². The normalized spacial score (nSPS) is 13.1. The second kappa shape index (κ2) is 6.17. The summed E-state index contributed by atoms with van der Waals surface area (Å²) in [5.74, 6) is -3.63. The molecule has 6 heteroatoms. The molecule has 20 heavy (non-hydrogen) atoms. The van der Waals surface area contributed by atoms with Crippen LogP contribution < -0.4 is 5.32 Å². The summed E-state index contributed by atoms with van der Waals surface area (Å²) in [4.78, 5) is 11.8. The van der Waals surface area contributed by atoms with Crippen molar-refractivity contribution in [3.05, 3.63) is 29.3 Å². The molecule has 0 bridgehead atoms. The zero-order valence-corrected chi connectivity index (χ0v) is 11.7. The minimum atomic E-state index is -1.12. The smallest absolute Gasteiger partial charge is 0.258 e. The Bertz CT molecular complexity index is 478. The molecule has 0 aliphatic heterocycles. The summed E-state index contributed by atoms with van der Waals surface area (Å²) in [5, 5.41) is 21.2. The number of halogens is 2. The molecule has 0 aromatic heterocycles. The molecule has 4 nitrogen and oxygen atoms in total. The van der Waals surface area contributed by atoms with Crippen LogP contribution >= 0.6 is 0 Å². The zero-order chi connectivity index (χ0) is 15.5. The first-order valence-electron chi connectivity index (χ1n) is 6.26. The van der Waals surface area contributed by atoms with Crippen LogP contribution in [0.15, 0.2) is 12.1 Å². The van der Waals surface area contributed by atoms with E-state index in [0.717, 1.165) is 0 Å². The number of hydrogen-bond acceptors (Lipinski definition) is 3. The fourth-order valence-corrected chi connectivity index (χ4v) is 2.06. The number of amides is 1. The molecule has 0 heterocycles. The van der Waals surface area contributed by atoms with Crippen molar-refractivity contribution in [3.63, 3.8) is 0 Å². The molecule has 3 N–H and O–H groups in total. The van der Waals surface area contributed by atoms with Gasteiger partial charge in [-0.15, -0.1) is 0 Å². The fraction of sp³-hybridized carbons (Fsp3) is 0.500. The minimum Gasteiger partial charge on any atom is -0.507 e. The third-order valence-electron chi connectivity index (χ3n) is 2.84. The number of phenols is 1. The standard InChI is InChI=1S/C14H19F2NO3/c1-8(18)6-14(2,3)7-17-13(20)12-10(16)4-9(15)5-11(12)19/h4-5,8,18-19H,6-7H2,1-3H3,(H,17,20). The molecule has 1 amide bonds. The molecule has 0 aliphatic carbocycles. The van der Waals surface area contributed by atoms with Crippen molar-refractivity contribution in [2.75, 3.05) is 6.54 Å². The van der Waals surface area contributed by atoms with Crippen LogP contribution in [0.25, 0.3) is 0 Å². The summed E-state index contributed by atoms with van der Waals surface area (Å²) in [6.45, 7) is 5.49. The minimum absolute atomic E-state index is 0.187. The van der Waals surface area contributed by atoms with Gasteiger partial charge in [-0.2, -0.15) is 0 Å². The maximum absolute atomic E-state index is 13.5. The average molecular weight is 287 g/mol. The van der Waals surface area contributed by atoms with Gasteiger partial charge in [-0.25, -0.2) is 8.78 Å². The molecular formula is C14H19F2NO3. The summed E-state index contributed by atoms with van der Waals surface area (Å²) in [7, 11) is 0. The zero-order valence-electron chi connectivity index (χ0n) is 11.7. The molecule has 1 atom stereocenters. The van der Waals surface area contributed by atoms with Gasteiger partial charge in [-0.1, -0.05) is 13.8 Å². The van der Waals surface area contributed by atoms with Crippen LogP contribution in [-0.4, -0.2) is 28.8 Å². The van der Waals surface area contributed by atoms with Crippen LogP contribution in [0.4, 0.5) is 8.78 Å². The topological polar surface area (TPSA) is 69.6 Å². The molecule has 1 aromatic rings. The van der Waals surface area contributed by atoms with Crippen LogP contribution in [0, 0.1) is 17.0 Å². The highest BCUT2D eigenvalue weighted by molar-refractivity contribution is 5.97. The predicted octanol–water partition coefficient (Wildman–Crippen LogP) is 2.20. The summed E-state index contributed by atoms with van der Waals surface area (Å²) in [6, 6.07) is 1.22. The molecule has 1 aromatic carbocycles. The van der Waals surface area contributed by atoms with E-state index in [-0.39, 0.29) is 6.54 Å². The predicted molar refractivity (Wildman–Crippen MR) is 70.4 cm³/mol. The first-order chi connectivity index (χ1) is 9.12. The molecule has 0 aliphatic rings. The quantitative estimate of drug-likeness (QED) is 0.777. The van der Waals surface area contributed by atoms with E-state index in [1.54, 1.807) is 6.92 Å². The molecule has 1 rings (SSSR count). The number of carbonyl (C=O) groups is 1. The van der Waals surface area contributed by atoms with Gasteiger partial charge < -0.3 is 15.5 Å². The number of aliphatic hydroxyl groups is 1. The Balaban J connectivity index is 2.78. The summed E-state index contributed by atoms with van der Waals surface area (Å²) < 4.78 is 26.3. The van der Waals surface area contributed by atoms with E-state index < -0.39 is 40.4 Å². The van der Waals surface area contributed by atoms with E-state index in [0.29, 0.717) is 18.6 Å². The maximum Gasteiger partial charge on any atom is 0.258 e. The Labute approximate surface area is 116 Å². The van der Waals surface area contributed by atoms with Gasteiger partial charge in [-0.3, -0.25) is 4.79 Å². The lowest BCUT2D eigenvalue weighted by atomic mass is 9.87. The van der Waals surface area contributed by atoms with E-state index in [1.807, 2.05) is 13.8 Å². The van der Waals surface area contributed by atoms with Gasteiger partial charge in [0, 0.05) is 18.7 Å². The van der Waals surface area contributed by atoms with Crippen molar-refractivity contribution in [1.82, 2.24) is 5.32 Å². The van der Waals surface area contributed by atoms with Crippen LogP contribution in [0.3, 0.4) is 0 Å². The number of benzene rings is 1. The average Bonchev–Trinajstić information content (AvgIpc) is 2.23. The molecule has 0 saturated heterocycles. The van der Waals surface area contributed by atoms with Crippen molar-refractivity contribution in [2.24, 2.45) is 5.41 Å². The molecule has 112 valence electrons. The van der Waals surface area contributed by atoms with Crippen molar-refractivity contribution < 1.29 is 23.8 Å². The first-order valence-corrected chi connectivity index (χ1v) is 6.26. The van der Waals surface area contributed by atoms with Crippen LogP contribution in [0.5, 0.6) is 5.75 Å². The van der Waals surface area contributed by atoms with Crippen LogP contribution in [-0.2, 0) is 0 Å². The first kappa shape index (κ1) is 16.4. The molecule has 1 unspecified atom stereocenters. The van der Waals surface area contributed by atoms with Crippen molar-refractivity contribution in [3.8, 4) is 5.75 Å². The molecule has 0 saturated carbocycles. The Hall–Kier alpha value is -1.69. The van der Waals surface area contributed by atoms with Crippen LogP contribution in [0.1, 0.15) is 37.6 Å².